The predicted octanol–water partition coefficient (Wildman–Crippen LogP) is 1.73. The van der Waals surface area contributed by atoms with Crippen LogP contribution >= 0.6 is 11.5 Å². The molecule has 0 fully saturated rings. The molecule has 16 heavy (non-hydrogen) atoms. The van der Waals surface area contributed by atoms with Crippen molar-refractivity contribution in [1.82, 2.24) is 9.59 Å². The minimum atomic E-state index is 0.0522. The zero-order valence-electron chi connectivity index (χ0n) is 8.38. The van der Waals surface area contributed by atoms with Gasteiger partial charge in [0.2, 0.25) is 0 Å². The van der Waals surface area contributed by atoms with E-state index >= 15 is 0 Å². The molecule has 2 rings (SSSR count). The number of carbonyl (C=O) groups is 1. The SMILES string of the molecule is COc1cc(-c2snnc2C=O)ccc1O. The summed E-state index contributed by atoms with van der Waals surface area (Å²) in [5, 5.41) is 13.1. The summed E-state index contributed by atoms with van der Waals surface area (Å²) in [6.45, 7) is 0. The lowest BCUT2D eigenvalue weighted by Crippen LogP contribution is -1.87. The van der Waals surface area contributed by atoms with E-state index in [1.54, 1.807) is 12.1 Å². The Kier molecular flexibility index (Phi) is 2.82. The van der Waals surface area contributed by atoms with Crippen LogP contribution in [0.1, 0.15) is 10.5 Å². The third-order valence-electron chi connectivity index (χ3n) is 2.07. The van der Waals surface area contributed by atoms with E-state index < -0.39 is 0 Å². The molecule has 0 radical (unpaired) electrons. The molecule has 0 bridgehead atoms. The van der Waals surface area contributed by atoms with Crippen LogP contribution in [0.3, 0.4) is 0 Å². The van der Waals surface area contributed by atoms with Crippen LogP contribution < -0.4 is 4.74 Å². The lowest BCUT2D eigenvalue weighted by molar-refractivity contribution is 0.111. The van der Waals surface area contributed by atoms with Gasteiger partial charge in [0.25, 0.3) is 0 Å². The normalized spacial score (nSPS) is 10.1. The average molecular weight is 236 g/mol. The largest absolute Gasteiger partial charge is 0.504 e. The summed E-state index contributed by atoms with van der Waals surface area (Å²) >= 11 is 1.12. The minimum Gasteiger partial charge on any atom is -0.504 e. The Hall–Kier alpha value is -1.95. The first-order valence-electron chi connectivity index (χ1n) is 4.41. The topological polar surface area (TPSA) is 72.3 Å². The van der Waals surface area contributed by atoms with E-state index in [4.69, 9.17) is 4.74 Å². The van der Waals surface area contributed by atoms with E-state index in [1.807, 2.05) is 0 Å². The van der Waals surface area contributed by atoms with E-state index in [0.717, 1.165) is 17.1 Å². The number of methoxy groups -OCH3 is 1. The first kappa shape index (κ1) is 10.6. The van der Waals surface area contributed by atoms with Crippen molar-refractivity contribution in [2.75, 3.05) is 7.11 Å². The molecular formula is C10H8N2O3S. The second-order valence-corrected chi connectivity index (χ2v) is 3.75. The molecular weight excluding hydrogens is 228 g/mol. The highest BCUT2D eigenvalue weighted by Gasteiger charge is 2.11. The Morgan fingerprint density at radius 2 is 2.31 bits per heavy atom. The number of phenolic OH excluding ortho intramolecular Hbond substituents is 1. The molecule has 0 saturated heterocycles. The number of ether oxygens (including phenoxy) is 1. The fourth-order valence-electron chi connectivity index (χ4n) is 1.29. The number of aldehydes is 1. The molecule has 0 unspecified atom stereocenters. The first-order valence-corrected chi connectivity index (χ1v) is 5.18. The highest BCUT2D eigenvalue weighted by molar-refractivity contribution is 7.09. The summed E-state index contributed by atoms with van der Waals surface area (Å²) in [4.78, 5) is 11.4. The van der Waals surface area contributed by atoms with Gasteiger partial charge in [-0.25, -0.2) is 0 Å². The fraction of sp³-hybridized carbons (Fsp3) is 0.100. The maximum atomic E-state index is 10.7. The standard InChI is InChI=1S/C10H8N2O3S/c1-15-9-4-6(2-3-8(9)14)10-7(5-13)11-12-16-10/h2-5,14H,1H3. The van der Waals surface area contributed by atoms with E-state index in [9.17, 15) is 9.90 Å². The Morgan fingerprint density at radius 1 is 1.50 bits per heavy atom. The van der Waals surface area contributed by atoms with Crippen LogP contribution in [-0.4, -0.2) is 28.1 Å². The molecule has 0 aliphatic rings. The molecule has 0 aliphatic carbocycles. The first-order chi connectivity index (χ1) is 7.76. The van der Waals surface area contributed by atoms with Gasteiger partial charge in [-0.05, 0) is 35.3 Å². The van der Waals surface area contributed by atoms with Crippen LogP contribution in [0, 0.1) is 0 Å². The summed E-state index contributed by atoms with van der Waals surface area (Å²) in [7, 11) is 1.46. The smallest absolute Gasteiger partial charge is 0.171 e. The van der Waals surface area contributed by atoms with E-state index in [0.29, 0.717) is 16.9 Å². The van der Waals surface area contributed by atoms with Gasteiger partial charge in [0.1, 0.15) is 5.69 Å². The summed E-state index contributed by atoms with van der Waals surface area (Å²) in [5.74, 6) is 0.402. The number of phenols is 1. The minimum absolute atomic E-state index is 0.0522. The molecule has 82 valence electrons. The quantitative estimate of drug-likeness (QED) is 0.821. The Balaban J connectivity index is 2.52. The molecule has 0 aliphatic heterocycles. The van der Waals surface area contributed by atoms with Crippen LogP contribution in [0.5, 0.6) is 11.5 Å². The zero-order valence-corrected chi connectivity index (χ0v) is 9.19. The van der Waals surface area contributed by atoms with E-state index in [2.05, 4.69) is 9.59 Å². The van der Waals surface area contributed by atoms with Crippen molar-refractivity contribution in [3.05, 3.63) is 23.9 Å². The number of aromatic nitrogens is 2. The highest BCUT2D eigenvalue weighted by Crippen LogP contribution is 2.33. The molecule has 0 amide bonds. The fourth-order valence-corrected chi connectivity index (χ4v) is 1.92. The number of rotatable bonds is 3. The van der Waals surface area contributed by atoms with E-state index in [1.165, 1.54) is 13.2 Å². The summed E-state index contributed by atoms with van der Waals surface area (Å²) < 4.78 is 8.69. The van der Waals surface area contributed by atoms with Crippen LogP contribution in [0.25, 0.3) is 10.4 Å². The molecule has 0 atom stereocenters. The van der Waals surface area contributed by atoms with Gasteiger partial charge in [0, 0.05) is 0 Å². The number of benzene rings is 1. The van der Waals surface area contributed by atoms with Gasteiger partial charge < -0.3 is 9.84 Å². The summed E-state index contributed by atoms with van der Waals surface area (Å²) in [5.41, 5.74) is 1.03. The molecule has 1 N–H and O–H groups in total. The summed E-state index contributed by atoms with van der Waals surface area (Å²) in [6, 6.07) is 4.82. The second-order valence-electron chi connectivity index (χ2n) is 2.99. The maximum Gasteiger partial charge on any atom is 0.171 e. The number of hydrogen-bond donors (Lipinski definition) is 1. The van der Waals surface area contributed by atoms with Gasteiger partial charge in [-0.1, -0.05) is 4.49 Å². The predicted molar refractivity (Wildman–Crippen MR) is 58.9 cm³/mol. The van der Waals surface area contributed by atoms with Crippen LogP contribution in [0.4, 0.5) is 0 Å². The Bertz CT molecular complexity index is 525. The van der Waals surface area contributed by atoms with Crippen molar-refractivity contribution in [3.63, 3.8) is 0 Å². The van der Waals surface area contributed by atoms with Crippen molar-refractivity contribution < 1.29 is 14.6 Å². The maximum absolute atomic E-state index is 10.7. The van der Waals surface area contributed by atoms with Gasteiger partial charge in [0.05, 0.1) is 12.0 Å². The van der Waals surface area contributed by atoms with E-state index in [-0.39, 0.29) is 11.4 Å². The zero-order chi connectivity index (χ0) is 11.5. The monoisotopic (exact) mass is 236 g/mol. The molecule has 0 saturated carbocycles. The molecule has 1 aromatic carbocycles. The molecule has 6 heteroatoms. The molecule has 5 nitrogen and oxygen atoms in total. The second kappa shape index (κ2) is 4.28. The van der Waals surface area contributed by atoms with Crippen molar-refractivity contribution in [2.45, 2.75) is 0 Å². The molecule has 1 aromatic heterocycles. The van der Waals surface area contributed by atoms with Crippen molar-refractivity contribution in [3.8, 4) is 21.9 Å². The van der Waals surface area contributed by atoms with Gasteiger partial charge in [-0.2, -0.15) is 0 Å². The number of hydrogen-bond acceptors (Lipinski definition) is 6. The number of nitrogens with zero attached hydrogens (tertiary/aromatic N) is 2. The summed E-state index contributed by atoms with van der Waals surface area (Å²) in [6.07, 6.45) is 0.651. The molecule has 2 aromatic rings. The third kappa shape index (κ3) is 1.74. The van der Waals surface area contributed by atoms with Crippen molar-refractivity contribution >= 4 is 17.8 Å². The third-order valence-corrected chi connectivity index (χ3v) is 2.86. The number of carbonyl (C=O) groups excluding carboxylic acids is 1. The molecule has 0 spiro atoms. The Morgan fingerprint density at radius 3 is 3.00 bits per heavy atom. The molecule has 1 heterocycles. The lowest BCUT2D eigenvalue weighted by atomic mass is 10.1. The van der Waals surface area contributed by atoms with Gasteiger partial charge in [0.15, 0.2) is 17.8 Å². The average Bonchev–Trinajstić information content (AvgIpc) is 2.78. The Labute approximate surface area is 95.5 Å². The van der Waals surface area contributed by atoms with Crippen LogP contribution in [0.2, 0.25) is 0 Å². The number of aromatic hydroxyl groups is 1. The van der Waals surface area contributed by atoms with Gasteiger partial charge >= 0.3 is 0 Å². The van der Waals surface area contributed by atoms with Crippen LogP contribution in [-0.2, 0) is 0 Å². The lowest BCUT2D eigenvalue weighted by Gasteiger charge is -2.04. The highest BCUT2D eigenvalue weighted by atomic mass is 32.1. The van der Waals surface area contributed by atoms with Gasteiger partial charge in [-0.15, -0.1) is 5.10 Å². The van der Waals surface area contributed by atoms with Crippen LogP contribution in [0.15, 0.2) is 18.2 Å². The van der Waals surface area contributed by atoms with Gasteiger partial charge in [-0.3, -0.25) is 4.79 Å². The van der Waals surface area contributed by atoms with Crippen molar-refractivity contribution in [2.24, 2.45) is 0 Å². The van der Waals surface area contributed by atoms with Crippen molar-refractivity contribution in [1.29, 1.82) is 0 Å².